The van der Waals surface area contributed by atoms with Gasteiger partial charge < -0.3 is 0 Å². The minimum Gasteiger partial charge on any atom is -0.0623 e. The van der Waals surface area contributed by atoms with Crippen LogP contribution >= 0.6 is 0 Å². The SMILES string of the molecule is CC1CCCC(C)(C2CCCC2)CC1C. The molecule has 0 aromatic heterocycles. The van der Waals surface area contributed by atoms with Crippen LogP contribution in [-0.2, 0) is 0 Å². The molecule has 0 aliphatic heterocycles. The van der Waals surface area contributed by atoms with E-state index in [0.717, 1.165) is 17.8 Å². The van der Waals surface area contributed by atoms with Crippen molar-refractivity contribution in [2.45, 2.75) is 72.1 Å². The van der Waals surface area contributed by atoms with Crippen LogP contribution in [0, 0.1) is 23.2 Å². The van der Waals surface area contributed by atoms with Crippen LogP contribution in [0.2, 0.25) is 0 Å². The van der Waals surface area contributed by atoms with Gasteiger partial charge in [0.05, 0.1) is 0 Å². The van der Waals surface area contributed by atoms with Gasteiger partial charge in [0.25, 0.3) is 0 Å². The molecule has 2 rings (SSSR count). The maximum Gasteiger partial charge on any atom is -0.0295 e. The van der Waals surface area contributed by atoms with Gasteiger partial charge in [0.2, 0.25) is 0 Å². The summed E-state index contributed by atoms with van der Waals surface area (Å²) >= 11 is 0. The molecular formula is C15H28. The van der Waals surface area contributed by atoms with Crippen molar-refractivity contribution in [2.75, 3.05) is 0 Å². The van der Waals surface area contributed by atoms with Crippen molar-refractivity contribution in [1.29, 1.82) is 0 Å². The number of rotatable bonds is 1. The van der Waals surface area contributed by atoms with E-state index in [4.69, 9.17) is 0 Å². The first-order valence-electron chi connectivity index (χ1n) is 7.12. The van der Waals surface area contributed by atoms with Gasteiger partial charge in [-0.15, -0.1) is 0 Å². The molecule has 0 spiro atoms. The van der Waals surface area contributed by atoms with E-state index in [0.29, 0.717) is 5.41 Å². The fourth-order valence-corrected chi connectivity index (χ4v) is 4.14. The van der Waals surface area contributed by atoms with Crippen LogP contribution in [0.4, 0.5) is 0 Å². The van der Waals surface area contributed by atoms with Crippen molar-refractivity contribution in [3.8, 4) is 0 Å². The minimum absolute atomic E-state index is 0.695. The number of hydrogen-bond acceptors (Lipinski definition) is 0. The molecule has 3 unspecified atom stereocenters. The zero-order valence-corrected chi connectivity index (χ0v) is 10.9. The highest BCUT2D eigenvalue weighted by molar-refractivity contribution is 4.89. The molecule has 88 valence electrons. The van der Waals surface area contributed by atoms with Gasteiger partial charge in [0, 0.05) is 0 Å². The zero-order valence-electron chi connectivity index (χ0n) is 10.9. The van der Waals surface area contributed by atoms with Crippen molar-refractivity contribution in [3.63, 3.8) is 0 Å². The molecule has 2 fully saturated rings. The summed E-state index contributed by atoms with van der Waals surface area (Å²) in [4.78, 5) is 0. The molecule has 0 bridgehead atoms. The first-order valence-corrected chi connectivity index (χ1v) is 7.12. The summed E-state index contributed by atoms with van der Waals surface area (Å²) in [6.07, 6.45) is 12.0. The van der Waals surface area contributed by atoms with E-state index < -0.39 is 0 Å². The average Bonchev–Trinajstić information content (AvgIpc) is 2.66. The third-order valence-electron chi connectivity index (χ3n) is 5.51. The van der Waals surface area contributed by atoms with Crippen molar-refractivity contribution < 1.29 is 0 Å². The lowest BCUT2D eigenvalue weighted by Crippen LogP contribution is -2.27. The van der Waals surface area contributed by atoms with E-state index in [1.807, 2.05) is 0 Å². The number of hydrogen-bond donors (Lipinski definition) is 0. The lowest BCUT2D eigenvalue weighted by atomic mass is 9.68. The van der Waals surface area contributed by atoms with E-state index in [9.17, 15) is 0 Å². The van der Waals surface area contributed by atoms with E-state index in [-0.39, 0.29) is 0 Å². The molecule has 0 aromatic carbocycles. The van der Waals surface area contributed by atoms with E-state index in [2.05, 4.69) is 20.8 Å². The Bertz CT molecular complexity index is 202. The second kappa shape index (κ2) is 4.47. The van der Waals surface area contributed by atoms with Gasteiger partial charge in [-0.2, -0.15) is 0 Å². The molecule has 0 heterocycles. The van der Waals surface area contributed by atoms with Gasteiger partial charge in [-0.25, -0.2) is 0 Å². The second-order valence-electron chi connectivity index (χ2n) is 6.69. The van der Waals surface area contributed by atoms with Crippen LogP contribution < -0.4 is 0 Å². The van der Waals surface area contributed by atoms with Gasteiger partial charge in [-0.05, 0) is 48.9 Å². The van der Waals surface area contributed by atoms with Crippen LogP contribution in [0.25, 0.3) is 0 Å². The molecule has 0 saturated heterocycles. The largest absolute Gasteiger partial charge is 0.0623 e. The molecule has 2 aliphatic carbocycles. The van der Waals surface area contributed by atoms with Gasteiger partial charge >= 0.3 is 0 Å². The highest BCUT2D eigenvalue weighted by atomic mass is 14.4. The fraction of sp³-hybridized carbons (Fsp3) is 1.00. The molecule has 0 amide bonds. The molecule has 2 aliphatic rings. The van der Waals surface area contributed by atoms with E-state index in [1.54, 1.807) is 0 Å². The van der Waals surface area contributed by atoms with Crippen LogP contribution in [0.15, 0.2) is 0 Å². The smallest absolute Gasteiger partial charge is 0.0295 e. The lowest BCUT2D eigenvalue weighted by Gasteiger charge is -2.37. The minimum atomic E-state index is 0.695. The second-order valence-corrected chi connectivity index (χ2v) is 6.69. The topological polar surface area (TPSA) is 0 Å². The Kier molecular flexibility index (Phi) is 3.42. The Morgan fingerprint density at radius 2 is 1.53 bits per heavy atom. The predicted molar refractivity (Wildman–Crippen MR) is 66.9 cm³/mol. The van der Waals surface area contributed by atoms with Crippen molar-refractivity contribution in [3.05, 3.63) is 0 Å². The molecule has 2 saturated carbocycles. The molecule has 0 nitrogen and oxygen atoms in total. The Balaban J connectivity index is 2.05. The summed E-state index contributed by atoms with van der Waals surface area (Å²) in [5.74, 6) is 2.98. The standard InChI is InChI=1S/C15H28/c1-12-7-6-10-15(3,11-13(12)2)14-8-4-5-9-14/h12-14H,4-11H2,1-3H3. The Labute approximate surface area is 95.8 Å². The highest BCUT2D eigenvalue weighted by Gasteiger charge is 2.38. The first-order chi connectivity index (χ1) is 7.12. The summed E-state index contributed by atoms with van der Waals surface area (Å²) in [6, 6.07) is 0. The maximum atomic E-state index is 2.59. The monoisotopic (exact) mass is 208 g/mol. The molecule has 0 N–H and O–H groups in total. The molecule has 15 heavy (non-hydrogen) atoms. The van der Waals surface area contributed by atoms with Crippen molar-refractivity contribution >= 4 is 0 Å². The third-order valence-corrected chi connectivity index (χ3v) is 5.51. The van der Waals surface area contributed by atoms with Crippen LogP contribution in [0.3, 0.4) is 0 Å². The molecule has 0 radical (unpaired) electrons. The zero-order chi connectivity index (χ0) is 10.9. The molecule has 3 atom stereocenters. The molecule has 0 heteroatoms. The Morgan fingerprint density at radius 1 is 0.867 bits per heavy atom. The molecular weight excluding hydrogens is 180 g/mol. The lowest BCUT2D eigenvalue weighted by molar-refractivity contribution is 0.135. The van der Waals surface area contributed by atoms with Crippen molar-refractivity contribution in [2.24, 2.45) is 23.2 Å². The predicted octanol–water partition coefficient (Wildman–Crippen LogP) is 5.03. The summed E-state index contributed by atoms with van der Waals surface area (Å²) in [5, 5.41) is 0. The quantitative estimate of drug-likeness (QED) is 0.530. The Hall–Kier alpha value is 0. The third kappa shape index (κ3) is 2.40. The Morgan fingerprint density at radius 3 is 2.20 bits per heavy atom. The summed E-state index contributed by atoms with van der Waals surface area (Å²) in [7, 11) is 0. The van der Waals surface area contributed by atoms with Crippen LogP contribution in [0.1, 0.15) is 72.1 Å². The van der Waals surface area contributed by atoms with Gasteiger partial charge in [-0.3, -0.25) is 0 Å². The fourth-order valence-electron chi connectivity index (χ4n) is 4.14. The van der Waals surface area contributed by atoms with E-state index in [1.165, 1.54) is 51.4 Å². The van der Waals surface area contributed by atoms with Crippen molar-refractivity contribution in [1.82, 2.24) is 0 Å². The summed E-state index contributed by atoms with van der Waals surface area (Å²) in [6.45, 7) is 7.55. The van der Waals surface area contributed by atoms with Crippen LogP contribution in [0.5, 0.6) is 0 Å². The van der Waals surface area contributed by atoms with Gasteiger partial charge in [0.1, 0.15) is 0 Å². The summed E-state index contributed by atoms with van der Waals surface area (Å²) < 4.78 is 0. The van der Waals surface area contributed by atoms with Crippen LogP contribution in [-0.4, -0.2) is 0 Å². The van der Waals surface area contributed by atoms with Gasteiger partial charge in [0.15, 0.2) is 0 Å². The first kappa shape index (κ1) is 11.5. The van der Waals surface area contributed by atoms with E-state index >= 15 is 0 Å². The summed E-state index contributed by atoms with van der Waals surface area (Å²) in [5.41, 5.74) is 0.695. The highest BCUT2D eigenvalue weighted by Crippen LogP contribution is 2.50. The van der Waals surface area contributed by atoms with Gasteiger partial charge in [-0.1, -0.05) is 46.5 Å². The average molecular weight is 208 g/mol. The molecule has 0 aromatic rings. The normalized spacial score (nSPS) is 44.2. The maximum absolute atomic E-state index is 2.59.